The summed E-state index contributed by atoms with van der Waals surface area (Å²) in [5.41, 5.74) is 5.60. The highest BCUT2D eigenvalue weighted by Crippen LogP contribution is 2.33. The maximum Gasteiger partial charge on any atom is 0.417 e. The van der Waals surface area contributed by atoms with Gasteiger partial charge in [0.25, 0.3) is 0 Å². The van der Waals surface area contributed by atoms with Crippen LogP contribution in [-0.2, 0) is 11.0 Å². The van der Waals surface area contributed by atoms with Gasteiger partial charge < -0.3 is 11.1 Å². The lowest BCUT2D eigenvalue weighted by Crippen LogP contribution is -2.16. The van der Waals surface area contributed by atoms with E-state index in [-0.39, 0.29) is 21.8 Å². The summed E-state index contributed by atoms with van der Waals surface area (Å²) in [5, 5.41) is 2.76. The summed E-state index contributed by atoms with van der Waals surface area (Å²) in [6.45, 7) is 1.66. The minimum Gasteiger partial charge on any atom is -0.384 e. The molecule has 0 aliphatic carbocycles. The quantitative estimate of drug-likeness (QED) is 0.324. The van der Waals surface area contributed by atoms with Crippen molar-refractivity contribution in [3.8, 4) is 0 Å². The Hall–Kier alpha value is -2.33. The first-order valence-electron chi connectivity index (χ1n) is 7.56. The van der Waals surface area contributed by atoms with Crippen LogP contribution in [0.4, 0.5) is 19.0 Å². The van der Waals surface area contributed by atoms with Crippen LogP contribution in [0.2, 0.25) is 5.02 Å². The number of thioether (sulfide) groups is 1. The molecule has 2 rings (SSSR count). The summed E-state index contributed by atoms with van der Waals surface area (Å²) in [6, 6.07) is 4.07. The molecule has 2 heterocycles. The summed E-state index contributed by atoms with van der Waals surface area (Å²) in [6.07, 6.45) is -2.25. The number of nitrogens with zero attached hydrogens (tertiary/aromatic N) is 3. The normalized spacial score (nSPS) is 12.1. The molecule has 0 fully saturated rings. The van der Waals surface area contributed by atoms with Gasteiger partial charge in [-0.25, -0.2) is 9.97 Å². The van der Waals surface area contributed by atoms with E-state index in [4.69, 9.17) is 17.3 Å². The van der Waals surface area contributed by atoms with E-state index < -0.39 is 11.7 Å². The molecule has 0 unspecified atom stereocenters. The topological polar surface area (TPSA) is 93.3 Å². The van der Waals surface area contributed by atoms with Gasteiger partial charge in [-0.15, -0.1) is 11.8 Å². The van der Waals surface area contributed by atoms with Gasteiger partial charge in [-0.1, -0.05) is 11.6 Å². The van der Waals surface area contributed by atoms with Crippen molar-refractivity contribution in [2.45, 2.75) is 18.1 Å². The van der Waals surface area contributed by atoms with E-state index in [2.05, 4.69) is 20.3 Å². The first kappa shape index (κ1) is 21.0. The molecule has 2 aromatic heterocycles. The van der Waals surface area contributed by atoms with Crippen molar-refractivity contribution in [2.75, 3.05) is 17.6 Å². The lowest BCUT2D eigenvalue weighted by molar-refractivity contribution is -0.137. The zero-order valence-electron chi connectivity index (χ0n) is 14.0. The number of anilines is 1. The summed E-state index contributed by atoms with van der Waals surface area (Å²) in [4.78, 5) is 23.0. The van der Waals surface area contributed by atoms with Crippen LogP contribution in [0.5, 0.6) is 0 Å². The third kappa shape index (κ3) is 6.40. The summed E-state index contributed by atoms with van der Waals surface area (Å²) in [5.74, 6) is 0.763. The second-order valence-corrected chi connectivity index (χ2v) is 6.73. The molecule has 0 aromatic carbocycles. The third-order valence-electron chi connectivity index (χ3n) is 3.11. The van der Waals surface area contributed by atoms with E-state index in [1.54, 1.807) is 12.1 Å². The van der Waals surface area contributed by atoms with Gasteiger partial charge >= 0.3 is 6.18 Å². The van der Waals surface area contributed by atoms with E-state index in [1.165, 1.54) is 24.9 Å². The predicted octanol–water partition coefficient (Wildman–Crippen LogP) is 3.60. The van der Waals surface area contributed by atoms with Crippen molar-refractivity contribution in [3.63, 3.8) is 0 Å². The maximum absolute atomic E-state index is 12.6. The second kappa shape index (κ2) is 9.05. The van der Waals surface area contributed by atoms with Crippen LogP contribution in [0.1, 0.15) is 18.1 Å². The van der Waals surface area contributed by atoms with Crippen molar-refractivity contribution < 1.29 is 18.0 Å². The van der Waals surface area contributed by atoms with Crippen LogP contribution in [-0.4, -0.2) is 34.0 Å². The first-order valence-corrected chi connectivity index (χ1v) is 8.92. The van der Waals surface area contributed by atoms with Crippen LogP contribution >= 0.6 is 23.4 Å². The number of alkyl halides is 3. The number of pyridine rings is 2. The summed E-state index contributed by atoms with van der Waals surface area (Å²) < 4.78 is 37.8. The van der Waals surface area contributed by atoms with Crippen molar-refractivity contribution in [3.05, 3.63) is 46.7 Å². The number of carbonyl (C=O) groups is 1. The summed E-state index contributed by atoms with van der Waals surface area (Å²) in [7, 11) is 0. The Balaban J connectivity index is 1.95. The number of amidine groups is 1. The van der Waals surface area contributed by atoms with E-state index in [1.807, 2.05) is 0 Å². The van der Waals surface area contributed by atoms with Crippen LogP contribution in [0, 0.1) is 0 Å². The molecule has 0 bridgehead atoms. The molecular formula is C16H15ClF3N5OS. The number of hydrogen-bond donors (Lipinski definition) is 2. The molecule has 0 spiro atoms. The van der Waals surface area contributed by atoms with E-state index in [9.17, 15) is 18.0 Å². The fourth-order valence-electron chi connectivity index (χ4n) is 1.92. The van der Waals surface area contributed by atoms with Gasteiger partial charge in [0.15, 0.2) is 0 Å². The fourth-order valence-corrected chi connectivity index (χ4v) is 2.95. The van der Waals surface area contributed by atoms with Crippen LogP contribution < -0.4 is 11.1 Å². The number of nitrogens with two attached hydrogens (primary N) is 1. The average molecular weight is 418 g/mol. The van der Waals surface area contributed by atoms with Gasteiger partial charge in [0.05, 0.1) is 17.1 Å². The minimum absolute atomic E-state index is 0.0686. The van der Waals surface area contributed by atoms with Crippen LogP contribution in [0.25, 0.3) is 0 Å². The van der Waals surface area contributed by atoms with Crippen molar-refractivity contribution in [1.82, 2.24) is 9.97 Å². The van der Waals surface area contributed by atoms with Gasteiger partial charge in [0, 0.05) is 30.6 Å². The van der Waals surface area contributed by atoms with Gasteiger partial charge in [0.1, 0.15) is 16.7 Å². The largest absolute Gasteiger partial charge is 0.417 e. The number of aromatic nitrogens is 2. The first-order chi connectivity index (χ1) is 12.7. The molecule has 0 saturated carbocycles. The average Bonchev–Trinajstić information content (AvgIpc) is 2.58. The molecule has 0 aliphatic rings. The van der Waals surface area contributed by atoms with Crippen LogP contribution in [0.3, 0.4) is 0 Å². The highest BCUT2D eigenvalue weighted by molar-refractivity contribution is 7.99. The third-order valence-corrected chi connectivity index (χ3v) is 4.49. The SMILES string of the molecule is CC(=O)Nc1cc(C(N)=NCCSc2ncc(C(F)(F)F)cc2Cl)ccn1. The molecule has 6 nitrogen and oxygen atoms in total. The summed E-state index contributed by atoms with van der Waals surface area (Å²) >= 11 is 7.02. The molecule has 0 aliphatic heterocycles. The number of nitrogens with one attached hydrogen (secondary N) is 1. The Morgan fingerprint density at radius 2 is 2.11 bits per heavy atom. The Labute approximate surface area is 162 Å². The Kier molecular flexibility index (Phi) is 7.03. The van der Waals surface area contributed by atoms with Gasteiger partial charge in [0.2, 0.25) is 5.91 Å². The van der Waals surface area contributed by atoms with Gasteiger partial charge in [-0.05, 0) is 18.2 Å². The van der Waals surface area contributed by atoms with Crippen molar-refractivity contribution >= 4 is 40.9 Å². The Morgan fingerprint density at radius 1 is 1.37 bits per heavy atom. The number of aliphatic imine (C=N–C) groups is 1. The zero-order chi connectivity index (χ0) is 20.0. The van der Waals surface area contributed by atoms with Gasteiger partial charge in [-0.2, -0.15) is 13.2 Å². The number of halogens is 4. The molecule has 1 amide bonds. The minimum atomic E-state index is -4.49. The van der Waals surface area contributed by atoms with Gasteiger partial charge in [-0.3, -0.25) is 9.79 Å². The number of hydrogen-bond acceptors (Lipinski definition) is 5. The van der Waals surface area contributed by atoms with Crippen LogP contribution in [0.15, 0.2) is 40.6 Å². The molecule has 144 valence electrons. The number of carbonyl (C=O) groups excluding carboxylic acids is 1. The molecule has 27 heavy (non-hydrogen) atoms. The fraction of sp³-hybridized carbons (Fsp3) is 0.250. The highest BCUT2D eigenvalue weighted by atomic mass is 35.5. The molecule has 0 saturated heterocycles. The van der Waals surface area contributed by atoms with E-state index in [0.717, 1.165) is 12.3 Å². The smallest absolute Gasteiger partial charge is 0.384 e. The lowest BCUT2D eigenvalue weighted by atomic mass is 10.2. The second-order valence-electron chi connectivity index (χ2n) is 5.24. The van der Waals surface area contributed by atoms with E-state index >= 15 is 0 Å². The molecule has 3 N–H and O–H groups in total. The molecule has 11 heteroatoms. The standard InChI is InChI=1S/C16H15ClF3N5OS/c1-9(26)25-13-6-10(2-3-22-13)14(21)23-4-5-27-15-12(17)7-11(8-24-15)16(18,19)20/h2-3,6-8H,4-5H2,1H3,(H2,21,23)(H,22,25,26). The molecular weight excluding hydrogens is 403 g/mol. The number of amides is 1. The Morgan fingerprint density at radius 3 is 2.74 bits per heavy atom. The zero-order valence-corrected chi connectivity index (χ0v) is 15.6. The maximum atomic E-state index is 12.6. The monoisotopic (exact) mass is 417 g/mol. The number of rotatable bonds is 6. The molecule has 0 atom stereocenters. The van der Waals surface area contributed by atoms with E-state index in [0.29, 0.717) is 23.7 Å². The molecule has 2 aromatic rings. The Bertz CT molecular complexity index is 860. The van der Waals surface area contributed by atoms with Crippen molar-refractivity contribution in [1.29, 1.82) is 0 Å². The highest BCUT2D eigenvalue weighted by Gasteiger charge is 2.31. The van der Waals surface area contributed by atoms with Crippen molar-refractivity contribution in [2.24, 2.45) is 10.7 Å². The lowest BCUT2D eigenvalue weighted by Gasteiger charge is -2.08. The molecule has 0 radical (unpaired) electrons. The predicted molar refractivity (Wildman–Crippen MR) is 99.1 cm³/mol.